The molecule has 1 amide bonds. The topological polar surface area (TPSA) is 63.9 Å². The molecule has 3 rings (SSSR count). The molecule has 1 saturated heterocycles. The Hall–Kier alpha value is -2.24. The monoisotopic (exact) mass is 299 g/mol. The number of carbonyl (C=O) groups is 1. The highest BCUT2D eigenvalue weighted by molar-refractivity contribution is 5.75. The molecule has 1 aliphatic heterocycles. The normalized spacial score (nSPS) is 15.0. The van der Waals surface area contributed by atoms with Crippen LogP contribution in [0.3, 0.4) is 0 Å². The molecule has 0 saturated carbocycles. The van der Waals surface area contributed by atoms with Gasteiger partial charge in [0, 0.05) is 18.7 Å². The second-order valence-corrected chi connectivity index (χ2v) is 5.64. The van der Waals surface area contributed by atoms with Crippen LogP contribution in [0.1, 0.15) is 31.7 Å². The molecule has 1 aromatic carbocycles. The van der Waals surface area contributed by atoms with E-state index in [1.165, 1.54) is 16.8 Å². The number of tetrazole rings is 1. The largest absolute Gasteiger partial charge is 0.341 e. The fraction of sp³-hybridized carbons (Fsp3) is 0.500. The molecular formula is C16H21N5O. The van der Waals surface area contributed by atoms with Crippen molar-refractivity contribution in [1.82, 2.24) is 25.1 Å². The summed E-state index contributed by atoms with van der Waals surface area (Å²) >= 11 is 0. The van der Waals surface area contributed by atoms with Gasteiger partial charge < -0.3 is 4.90 Å². The number of likely N-dealkylation sites (tertiary alicyclic amines) is 1. The molecule has 116 valence electrons. The van der Waals surface area contributed by atoms with Crippen LogP contribution in [0.2, 0.25) is 0 Å². The van der Waals surface area contributed by atoms with Crippen molar-refractivity contribution in [3.63, 3.8) is 0 Å². The number of aromatic nitrogens is 4. The minimum atomic E-state index is 0.0741. The van der Waals surface area contributed by atoms with Gasteiger partial charge in [-0.15, -0.1) is 10.2 Å². The van der Waals surface area contributed by atoms with E-state index in [0.29, 0.717) is 5.82 Å². The summed E-state index contributed by atoms with van der Waals surface area (Å²) in [6.07, 6.45) is 4.39. The van der Waals surface area contributed by atoms with E-state index >= 15 is 0 Å². The zero-order valence-corrected chi connectivity index (χ0v) is 12.9. The third-order valence-corrected chi connectivity index (χ3v) is 4.06. The fourth-order valence-electron chi connectivity index (χ4n) is 2.68. The summed E-state index contributed by atoms with van der Waals surface area (Å²) < 4.78 is 0. The number of amides is 1. The van der Waals surface area contributed by atoms with Crippen molar-refractivity contribution < 1.29 is 4.79 Å². The average Bonchev–Trinajstić information content (AvgIpc) is 3.04. The molecule has 0 aliphatic carbocycles. The molecule has 6 nitrogen and oxygen atoms in total. The Kier molecular flexibility index (Phi) is 4.46. The number of benzene rings is 1. The smallest absolute Gasteiger partial charge is 0.246 e. The van der Waals surface area contributed by atoms with E-state index in [0.717, 1.165) is 37.9 Å². The Morgan fingerprint density at radius 1 is 1.14 bits per heavy atom. The molecular weight excluding hydrogens is 278 g/mol. The molecule has 1 fully saturated rings. The summed E-state index contributed by atoms with van der Waals surface area (Å²) in [5.74, 6) is 0.638. The molecule has 6 heteroatoms. The van der Waals surface area contributed by atoms with Gasteiger partial charge in [0.2, 0.25) is 11.7 Å². The summed E-state index contributed by atoms with van der Waals surface area (Å²) in [6, 6.07) is 8.11. The molecule has 0 radical (unpaired) electrons. The first-order chi connectivity index (χ1) is 10.8. The van der Waals surface area contributed by atoms with Gasteiger partial charge in [-0.1, -0.05) is 31.2 Å². The Balaban J connectivity index is 1.66. The number of aryl methyl sites for hydroxylation is 1. The molecule has 2 heterocycles. The van der Waals surface area contributed by atoms with Crippen molar-refractivity contribution in [3.05, 3.63) is 29.8 Å². The van der Waals surface area contributed by atoms with E-state index in [1.54, 1.807) is 0 Å². The molecule has 2 aromatic rings. The highest BCUT2D eigenvalue weighted by atomic mass is 16.2. The standard InChI is InChI=1S/C16H21N5O/c1-2-13-6-8-14(9-7-13)16-17-19-21(18-16)12-15(22)20-10-4-3-5-11-20/h6-9H,2-5,10-12H2,1H3. The second-order valence-electron chi connectivity index (χ2n) is 5.64. The second kappa shape index (κ2) is 6.68. The van der Waals surface area contributed by atoms with Crippen LogP contribution in [0.25, 0.3) is 11.4 Å². The first-order valence-electron chi connectivity index (χ1n) is 7.91. The van der Waals surface area contributed by atoms with Crippen LogP contribution in [-0.2, 0) is 17.8 Å². The van der Waals surface area contributed by atoms with Crippen molar-refractivity contribution in [2.75, 3.05) is 13.1 Å². The molecule has 0 bridgehead atoms. The minimum absolute atomic E-state index is 0.0741. The number of rotatable bonds is 4. The third-order valence-electron chi connectivity index (χ3n) is 4.06. The highest BCUT2D eigenvalue weighted by Gasteiger charge is 2.18. The van der Waals surface area contributed by atoms with E-state index in [-0.39, 0.29) is 12.5 Å². The van der Waals surface area contributed by atoms with Crippen molar-refractivity contribution in [2.24, 2.45) is 0 Å². The summed E-state index contributed by atoms with van der Waals surface area (Å²) in [6.45, 7) is 3.98. The van der Waals surface area contributed by atoms with Crippen LogP contribution in [0.4, 0.5) is 0 Å². The number of nitrogens with zero attached hydrogens (tertiary/aromatic N) is 5. The van der Waals surface area contributed by atoms with Gasteiger partial charge in [0.05, 0.1) is 0 Å². The first-order valence-corrected chi connectivity index (χ1v) is 7.91. The van der Waals surface area contributed by atoms with Gasteiger partial charge in [0.1, 0.15) is 6.54 Å². The lowest BCUT2D eigenvalue weighted by Gasteiger charge is -2.26. The predicted octanol–water partition coefficient (Wildman–Crippen LogP) is 1.91. The maximum Gasteiger partial charge on any atom is 0.246 e. The van der Waals surface area contributed by atoms with E-state index in [1.807, 2.05) is 17.0 Å². The van der Waals surface area contributed by atoms with E-state index in [2.05, 4.69) is 34.5 Å². The van der Waals surface area contributed by atoms with Gasteiger partial charge in [-0.2, -0.15) is 4.80 Å². The Bertz CT molecular complexity index is 628. The Morgan fingerprint density at radius 2 is 1.86 bits per heavy atom. The average molecular weight is 299 g/mol. The number of hydrogen-bond acceptors (Lipinski definition) is 4. The van der Waals surface area contributed by atoms with Crippen LogP contribution in [0, 0.1) is 0 Å². The number of piperidine rings is 1. The summed E-state index contributed by atoms with van der Waals surface area (Å²) in [5.41, 5.74) is 2.20. The molecule has 0 N–H and O–H groups in total. The fourth-order valence-corrected chi connectivity index (χ4v) is 2.68. The lowest BCUT2D eigenvalue weighted by atomic mass is 10.1. The van der Waals surface area contributed by atoms with Crippen LogP contribution in [-0.4, -0.2) is 44.1 Å². The predicted molar refractivity (Wildman–Crippen MR) is 83.1 cm³/mol. The van der Waals surface area contributed by atoms with Crippen LogP contribution in [0.5, 0.6) is 0 Å². The van der Waals surface area contributed by atoms with Gasteiger partial charge in [-0.25, -0.2) is 0 Å². The molecule has 22 heavy (non-hydrogen) atoms. The molecule has 1 aliphatic rings. The minimum Gasteiger partial charge on any atom is -0.341 e. The lowest BCUT2D eigenvalue weighted by molar-refractivity contribution is -0.133. The van der Waals surface area contributed by atoms with Crippen molar-refractivity contribution in [2.45, 2.75) is 39.2 Å². The maximum absolute atomic E-state index is 12.2. The van der Waals surface area contributed by atoms with Gasteiger partial charge >= 0.3 is 0 Å². The Labute approximate surface area is 130 Å². The molecule has 0 spiro atoms. The number of hydrogen-bond donors (Lipinski definition) is 0. The van der Waals surface area contributed by atoms with E-state index in [4.69, 9.17) is 0 Å². The zero-order chi connectivity index (χ0) is 15.4. The summed E-state index contributed by atoms with van der Waals surface area (Å²) in [7, 11) is 0. The van der Waals surface area contributed by atoms with Gasteiger partial charge in [-0.3, -0.25) is 4.79 Å². The third kappa shape index (κ3) is 3.32. The summed E-state index contributed by atoms with van der Waals surface area (Å²) in [4.78, 5) is 15.5. The molecule has 0 atom stereocenters. The van der Waals surface area contributed by atoms with Crippen molar-refractivity contribution in [3.8, 4) is 11.4 Å². The van der Waals surface area contributed by atoms with Gasteiger partial charge in [0.25, 0.3) is 0 Å². The van der Waals surface area contributed by atoms with Crippen molar-refractivity contribution in [1.29, 1.82) is 0 Å². The van der Waals surface area contributed by atoms with E-state index < -0.39 is 0 Å². The van der Waals surface area contributed by atoms with E-state index in [9.17, 15) is 4.79 Å². The molecule has 1 aromatic heterocycles. The number of carbonyl (C=O) groups excluding carboxylic acids is 1. The zero-order valence-electron chi connectivity index (χ0n) is 12.9. The quantitative estimate of drug-likeness (QED) is 0.865. The maximum atomic E-state index is 12.2. The highest BCUT2D eigenvalue weighted by Crippen LogP contribution is 2.15. The van der Waals surface area contributed by atoms with Crippen molar-refractivity contribution >= 4 is 5.91 Å². The van der Waals surface area contributed by atoms with Crippen LogP contribution in [0.15, 0.2) is 24.3 Å². The lowest BCUT2D eigenvalue weighted by Crippen LogP contribution is -2.38. The molecule has 0 unspecified atom stereocenters. The first kappa shape index (κ1) is 14.7. The SMILES string of the molecule is CCc1ccc(-c2nnn(CC(=O)N3CCCCC3)n2)cc1. The van der Waals surface area contributed by atoms with Crippen LogP contribution >= 0.6 is 0 Å². The summed E-state index contributed by atoms with van der Waals surface area (Å²) in [5, 5.41) is 12.4. The van der Waals surface area contributed by atoms with Gasteiger partial charge in [0.15, 0.2) is 0 Å². The Morgan fingerprint density at radius 3 is 2.55 bits per heavy atom. The van der Waals surface area contributed by atoms with Crippen LogP contribution < -0.4 is 0 Å². The van der Waals surface area contributed by atoms with Gasteiger partial charge in [-0.05, 0) is 36.5 Å².